The molecule has 0 amide bonds. The summed E-state index contributed by atoms with van der Waals surface area (Å²) in [5.74, 6) is 1.01. The van der Waals surface area contributed by atoms with Crippen LogP contribution in [0.2, 0.25) is 0 Å². The van der Waals surface area contributed by atoms with Crippen molar-refractivity contribution in [3.8, 4) is 0 Å². The molecule has 1 heterocycles. The number of hydrogen-bond acceptors (Lipinski definition) is 3. The van der Waals surface area contributed by atoms with Gasteiger partial charge in [-0.3, -0.25) is 4.99 Å². The zero-order valence-corrected chi connectivity index (χ0v) is 16.4. The first-order valence-corrected chi connectivity index (χ1v) is 11.0. The van der Waals surface area contributed by atoms with Crippen molar-refractivity contribution >= 4 is 5.96 Å². The van der Waals surface area contributed by atoms with E-state index in [1.807, 2.05) is 0 Å². The lowest BCUT2D eigenvalue weighted by atomic mass is 10.0. The molecule has 24 heavy (non-hydrogen) atoms. The summed E-state index contributed by atoms with van der Waals surface area (Å²) in [4.78, 5) is 4.34. The molecule has 0 saturated heterocycles. The van der Waals surface area contributed by atoms with Gasteiger partial charge < -0.3 is 10.6 Å². The predicted molar refractivity (Wildman–Crippen MR) is 108 cm³/mol. The van der Waals surface area contributed by atoms with E-state index in [4.69, 9.17) is 0 Å². The fourth-order valence-corrected chi connectivity index (χ4v) is 3.40. The summed E-state index contributed by atoms with van der Waals surface area (Å²) in [7, 11) is 0. The largest absolute Gasteiger partial charge is 0.356 e. The van der Waals surface area contributed by atoms with Crippen molar-refractivity contribution in [2.45, 2.75) is 110 Å². The Kier molecular flexibility index (Phi) is 15.2. The van der Waals surface area contributed by atoms with E-state index in [0.717, 1.165) is 25.6 Å². The maximum atomic E-state index is 4.34. The molecule has 0 unspecified atom stereocenters. The molecular weight excluding hydrogens is 294 g/mol. The molecule has 0 aromatic rings. The van der Waals surface area contributed by atoms with Crippen LogP contribution in [0.5, 0.6) is 0 Å². The molecule has 0 aromatic carbocycles. The van der Waals surface area contributed by atoms with Crippen LogP contribution in [-0.2, 0) is 0 Å². The standard InChI is InChI=1S/C21H43N3/c1-2-3-4-5-6-7-8-9-10-11-12-13-14-15-16-17-18-22-21-23-19-20-24-21/h2-20H2,1H3,(H2,22,23,24). The minimum absolute atomic E-state index is 0.932. The topological polar surface area (TPSA) is 36.4 Å². The first kappa shape index (κ1) is 21.3. The molecule has 1 aliphatic heterocycles. The van der Waals surface area contributed by atoms with Crippen LogP contribution in [0.3, 0.4) is 0 Å². The third-order valence-electron chi connectivity index (χ3n) is 5.00. The summed E-state index contributed by atoms with van der Waals surface area (Å²) in [6.07, 6.45) is 22.9. The second-order valence-corrected chi connectivity index (χ2v) is 7.39. The monoisotopic (exact) mass is 337 g/mol. The summed E-state index contributed by atoms with van der Waals surface area (Å²) in [5.41, 5.74) is 0. The van der Waals surface area contributed by atoms with Gasteiger partial charge >= 0.3 is 0 Å². The average Bonchev–Trinajstić information content (AvgIpc) is 3.11. The summed E-state index contributed by atoms with van der Waals surface area (Å²) in [6, 6.07) is 0. The van der Waals surface area contributed by atoms with Gasteiger partial charge in [0.2, 0.25) is 0 Å². The van der Waals surface area contributed by atoms with E-state index in [1.165, 1.54) is 103 Å². The molecule has 0 aliphatic carbocycles. The van der Waals surface area contributed by atoms with Gasteiger partial charge in [-0.05, 0) is 6.42 Å². The SMILES string of the molecule is CCCCCCCCCCCCCCCCCCNC1=NCCN1. The molecular formula is C21H43N3. The van der Waals surface area contributed by atoms with Gasteiger partial charge in [0.05, 0.1) is 6.54 Å². The number of nitrogens with zero attached hydrogens (tertiary/aromatic N) is 1. The molecule has 142 valence electrons. The van der Waals surface area contributed by atoms with Gasteiger partial charge in [0.15, 0.2) is 5.96 Å². The number of unbranched alkanes of at least 4 members (excludes halogenated alkanes) is 15. The van der Waals surface area contributed by atoms with Crippen molar-refractivity contribution in [1.82, 2.24) is 10.6 Å². The van der Waals surface area contributed by atoms with Gasteiger partial charge in [-0.1, -0.05) is 103 Å². The van der Waals surface area contributed by atoms with Crippen LogP contribution >= 0.6 is 0 Å². The fraction of sp³-hybridized carbons (Fsp3) is 0.952. The van der Waals surface area contributed by atoms with Gasteiger partial charge in [-0.2, -0.15) is 0 Å². The maximum absolute atomic E-state index is 4.34. The zero-order chi connectivity index (χ0) is 17.1. The van der Waals surface area contributed by atoms with Crippen LogP contribution in [0, 0.1) is 0 Å². The predicted octanol–water partition coefficient (Wildman–Crippen LogP) is 5.80. The molecule has 0 aromatic heterocycles. The normalized spacial score (nSPS) is 13.8. The highest BCUT2D eigenvalue weighted by molar-refractivity contribution is 5.81. The second kappa shape index (κ2) is 17.1. The van der Waals surface area contributed by atoms with Crippen molar-refractivity contribution in [2.75, 3.05) is 19.6 Å². The summed E-state index contributed by atoms with van der Waals surface area (Å²) in [6.45, 7) is 5.30. The molecule has 0 fully saturated rings. The van der Waals surface area contributed by atoms with E-state index in [9.17, 15) is 0 Å². The zero-order valence-electron chi connectivity index (χ0n) is 16.4. The first-order valence-electron chi connectivity index (χ1n) is 11.0. The number of rotatable bonds is 17. The molecule has 2 N–H and O–H groups in total. The van der Waals surface area contributed by atoms with Crippen molar-refractivity contribution in [3.05, 3.63) is 0 Å². The molecule has 1 rings (SSSR count). The number of aliphatic imine (C=N–C) groups is 1. The Morgan fingerprint density at radius 1 is 0.708 bits per heavy atom. The molecule has 0 saturated carbocycles. The number of hydrogen-bond donors (Lipinski definition) is 2. The highest BCUT2D eigenvalue weighted by atomic mass is 15.2. The molecule has 0 atom stereocenters. The maximum Gasteiger partial charge on any atom is 0.191 e. The van der Waals surface area contributed by atoms with Gasteiger partial charge in [-0.15, -0.1) is 0 Å². The highest BCUT2D eigenvalue weighted by Crippen LogP contribution is 2.13. The lowest BCUT2D eigenvalue weighted by Gasteiger charge is -2.06. The Balaban J connectivity index is 1.65. The van der Waals surface area contributed by atoms with E-state index in [2.05, 4.69) is 22.5 Å². The fourth-order valence-electron chi connectivity index (χ4n) is 3.40. The van der Waals surface area contributed by atoms with Gasteiger partial charge in [0, 0.05) is 13.1 Å². The van der Waals surface area contributed by atoms with Gasteiger partial charge in [-0.25, -0.2) is 0 Å². The average molecular weight is 338 g/mol. The van der Waals surface area contributed by atoms with Crippen LogP contribution < -0.4 is 10.6 Å². The minimum atomic E-state index is 0.932. The van der Waals surface area contributed by atoms with Crippen molar-refractivity contribution in [1.29, 1.82) is 0 Å². The lowest BCUT2D eigenvalue weighted by molar-refractivity contribution is 0.529. The number of nitrogens with one attached hydrogen (secondary N) is 2. The van der Waals surface area contributed by atoms with Crippen molar-refractivity contribution in [2.24, 2.45) is 4.99 Å². The van der Waals surface area contributed by atoms with E-state index in [-0.39, 0.29) is 0 Å². The Morgan fingerprint density at radius 3 is 1.58 bits per heavy atom. The summed E-state index contributed by atoms with van der Waals surface area (Å²) < 4.78 is 0. The van der Waals surface area contributed by atoms with Crippen LogP contribution in [-0.4, -0.2) is 25.6 Å². The third-order valence-corrected chi connectivity index (χ3v) is 5.00. The lowest BCUT2D eigenvalue weighted by Crippen LogP contribution is -2.34. The van der Waals surface area contributed by atoms with Gasteiger partial charge in [0.25, 0.3) is 0 Å². The van der Waals surface area contributed by atoms with Crippen LogP contribution in [0.1, 0.15) is 110 Å². The highest BCUT2D eigenvalue weighted by Gasteiger charge is 2.02. The van der Waals surface area contributed by atoms with E-state index < -0.39 is 0 Å². The third kappa shape index (κ3) is 13.7. The second-order valence-electron chi connectivity index (χ2n) is 7.39. The summed E-state index contributed by atoms with van der Waals surface area (Å²) >= 11 is 0. The van der Waals surface area contributed by atoms with Crippen molar-refractivity contribution < 1.29 is 0 Å². The first-order chi connectivity index (χ1) is 11.9. The van der Waals surface area contributed by atoms with Crippen LogP contribution in [0.4, 0.5) is 0 Å². The van der Waals surface area contributed by atoms with E-state index >= 15 is 0 Å². The molecule has 3 heteroatoms. The Morgan fingerprint density at radius 2 is 1.17 bits per heavy atom. The summed E-state index contributed by atoms with van der Waals surface area (Å²) in [5, 5.41) is 6.62. The molecule has 0 bridgehead atoms. The molecule has 0 spiro atoms. The Labute approximate surface area is 151 Å². The van der Waals surface area contributed by atoms with Gasteiger partial charge in [0.1, 0.15) is 0 Å². The molecule has 3 nitrogen and oxygen atoms in total. The Hall–Kier alpha value is -0.730. The smallest absolute Gasteiger partial charge is 0.191 e. The quantitative estimate of drug-likeness (QED) is 0.329. The molecule has 1 aliphatic rings. The number of guanidine groups is 1. The van der Waals surface area contributed by atoms with Crippen LogP contribution in [0.25, 0.3) is 0 Å². The minimum Gasteiger partial charge on any atom is -0.356 e. The molecule has 0 radical (unpaired) electrons. The van der Waals surface area contributed by atoms with Crippen LogP contribution in [0.15, 0.2) is 4.99 Å². The van der Waals surface area contributed by atoms with E-state index in [1.54, 1.807) is 0 Å². The Bertz CT molecular complexity index is 289. The van der Waals surface area contributed by atoms with E-state index in [0.29, 0.717) is 0 Å². The van der Waals surface area contributed by atoms with Crippen molar-refractivity contribution in [3.63, 3.8) is 0 Å².